The summed E-state index contributed by atoms with van der Waals surface area (Å²) in [6.07, 6.45) is 2.17. The van der Waals surface area contributed by atoms with Crippen LogP contribution in [0.15, 0.2) is 53.7 Å². The van der Waals surface area contributed by atoms with E-state index in [2.05, 4.69) is 44.1 Å². The standard InChI is InChI=1S/C22H31N5O2.HI/c1-18-17-27(12-14-28-18)21-10-9-19(15-24-21)16-25-22(23-2)26(3)11-13-29-20-7-5-4-6-8-20;/h4-10,15,18H,11-14,16-17H2,1-3H3,(H,23,25);1H. The first-order valence-corrected chi connectivity index (χ1v) is 10.1. The molecule has 1 aliphatic rings. The quantitative estimate of drug-likeness (QED) is 0.341. The lowest BCUT2D eigenvalue weighted by Gasteiger charge is -2.32. The van der Waals surface area contributed by atoms with Crippen molar-refractivity contribution in [3.05, 3.63) is 54.2 Å². The maximum Gasteiger partial charge on any atom is 0.193 e. The van der Waals surface area contributed by atoms with Crippen LogP contribution in [0.2, 0.25) is 0 Å². The van der Waals surface area contributed by atoms with Crippen molar-refractivity contribution in [3.63, 3.8) is 0 Å². The Hall–Kier alpha value is -2.07. The van der Waals surface area contributed by atoms with E-state index >= 15 is 0 Å². The average molecular weight is 525 g/mol. The van der Waals surface area contributed by atoms with Gasteiger partial charge in [0.1, 0.15) is 18.2 Å². The molecule has 0 amide bonds. The first-order valence-electron chi connectivity index (χ1n) is 10.1. The number of nitrogens with zero attached hydrogens (tertiary/aromatic N) is 4. The number of para-hydroxylation sites is 1. The van der Waals surface area contributed by atoms with Crippen LogP contribution >= 0.6 is 24.0 Å². The van der Waals surface area contributed by atoms with Crippen molar-refractivity contribution in [1.82, 2.24) is 15.2 Å². The van der Waals surface area contributed by atoms with Crippen molar-refractivity contribution in [2.24, 2.45) is 4.99 Å². The molecular weight excluding hydrogens is 493 g/mol. The molecule has 2 heterocycles. The summed E-state index contributed by atoms with van der Waals surface area (Å²) in [5.74, 6) is 2.71. The zero-order valence-electron chi connectivity index (χ0n) is 18.0. The molecule has 2 aromatic rings. The Morgan fingerprint density at radius 3 is 2.77 bits per heavy atom. The van der Waals surface area contributed by atoms with Gasteiger partial charge in [0.25, 0.3) is 0 Å². The van der Waals surface area contributed by atoms with E-state index in [4.69, 9.17) is 9.47 Å². The molecule has 0 radical (unpaired) electrons. The fourth-order valence-corrected chi connectivity index (χ4v) is 3.22. The number of aliphatic imine (C=N–C) groups is 1. The molecule has 0 bridgehead atoms. The number of hydrogen-bond acceptors (Lipinski definition) is 5. The summed E-state index contributed by atoms with van der Waals surface area (Å²) < 4.78 is 11.4. The van der Waals surface area contributed by atoms with E-state index < -0.39 is 0 Å². The van der Waals surface area contributed by atoms with E-state index in [0.717, 1.165) is 49.3 Å². The Bertz CT molecular complexity index is 773. The number of anilines is 1. The molecule has 164 valence electrons. The van der Waals surface area contributed by atoms with Gasteiger partial charge in [0.2, 0.25) is 0 Å². The van der Waals surface area contributed by atoms with Crippen LogP contribution in [0.25, 0.3) is 0 Å². The molecule has 3 rings (SSSR count). The van der Waals surface area contributed by atoms with Crippen LogP contribution in [0.5, 0.6) is 5.75 Å². The zero-order chi connectivity index (χ0) is 20.5. The number of rotatable bonds is 7. The minimum absolute atomic E-state index is 0. The number of benzene rings is 1. The summed E-state index contributed by atoms with van der Waals surface area (Å²) in [5, 5.41) is 3.39. The molecule has 0 spiro atoms. The average Bonchev–Trinajstić information content (AvgIpc) is 2.75. The summed E-state index contributed by atoms with van der Waals surface area (Å²) >= 11 is 0. The molecule has 8 heteroatoms. The number of ether oxygens (including phenoxy) is 2. The number of morpholine rings is 1. The lowest BCUT2D eigenvalue weighted by Crippen LogP contribution is -2.41. The van der Waals surface area contributed by atoms with Gasteiger partial charge in [0.05, 0.1) is 19.3 Å². The highest BCUT2D eigenvalue weighted by atomic mass is 127. The molecule has 1 N–H and O–H groups in total. The summed E-state index contributed by atoms with van der Waals surface area (Å²) in [7, 11) is 3.79. The molecule has 30 heavy (non-hydrogen) atoms. The fourth-order valence-electron chi connectivity index (χ4n) is 3.22. The first kappa shape index (κ1) is 24.2. The third-order valence-electron chi connectivity index (χ3n) is 4.84. The van der Waals surface area contributed by atoms with E-state index in [1.165, 1.54) is 0 Å². The number of pyridine rings is 1. The van der Waals surface area contributed by atoms with Gasteiger partial charge in [-0.25, -0.2) is 4.98 Å². The van der Waals surface area contributed by atoms with Crippen molar-refractivity contribution in [1.29, 1.82) is 0 Å². The summed E-state index contributed by atoms with van der Waals surface area (Å²) in [4.78, 5) is 13.3. The molecule has 0 aliphatic carbocycles. The van der Waals surface area contributed by atoms with E-state index in [1.54, 1.807) is 7.05 Å². The largest absolute Gasteiger partial charge is 0.492 e. The molecule has 1 fully saturated rings. The Morgan fingerprint density at radius 1 is 1.30 bits per heavy atom. The van der Waals surface area contributed by atoms with Gasteiger partial charge in [-0.2, -0.15) is 0 Å². The van der Waals surface area contributed by atoms with Gasteiger partial charge in [-0.15, -0.1) is 24.0 Å². The minimum atomic E-state index is 0. The molecule has 1 aromatic carbocycles. The third-order valence-corrected chi connectivity index (χ3v) is 4.84. The van der Waals surface area contributed by atoms with Gasteiger partial charge in [-0.1, -0.05) is 24.3 Å². The molecule has 1 unspecified atom stereocenters. The highest BCUT2D eigenvalue weighted by Crippen LogP contribution is 2.15. The van der Waals surface area contributed by atoms with Crippen LogP contribution in [-0.2, 0) is 11.3 Å². The number of nitrogens with one attached hydrogen (secondary N) is 1. The normalized spacial score (nSPS) is 16.6. The topological polar surface area (TPSA) is 62.2 Å². The monoisotopic (exact) mass is 525 g/mol. The lowest BCUT2D eigenvalue weighted by molar-refractivity contribution is 0.0529. The van der Waals surface area contributed by atoms with Crippen molar-refractivity contribution in [2.75, 3.05) is 51.8 Å². The number of hydrogen-bond donors (Lipinski definition) is 1. The zero-order valence-corrected chi connectivity index (χ0v) is 20.3. The van der Waals surface area contributed by atoms with Crippen molar-refractivity contribution in [3.8, 4) is 5.75 Å². The Kier molecular flexibility index (Phi) is 10.2. The molecule has 1 saturated heterocycles. The van der Waals surface area contributed by atoms with Gasteiger partial charge >= 0.3 is 0 Å². The van der Waals surface area contributed by atoms with E-state index in [9.17, 15) is 0 Å². The van der Waals surface area contributed by atoms with E-state index in [0.29, 0.717) is 13.2 Å². The maximum atomic E-state index is 5.76. The SMILES string of the molecule is CN=C(NCc1ccc(N2CCOC(C)C2)nc1)N(C)CCOc1ccccc1.I. The van der Waals surface area contributed by atoms with Crippen LogP contribution in [0.1, 0.15) is 12.5 Å². The van der Waals surface area contributed by atoms with Gasteiger partial charge in [-0.3, -0.25) is 4.99 Å². The second-order valence-corrected chi connectivity index (χ2v) is 7.14. The van der Waals surface area contributed by atoms with Crippen LogP contribution in [-0.4, -0.2) is 68.9 Å². The second kappa shape index (κ2) is 12.6. The lowest BCUT2D eigenvalue weighted by atomic mass is 10.2. The highest BCUT2D eigenvalue weighted by Gasteiger charge is 2.17. The van der Waals surface area contributed by atoms with E-state index in [-0.39, 0.29) is 30.1 Å². The third kappa shape index (κ3) is 7.32. The number of aromatic nitrogens is 1. The smallest absolute Gasteiger partial charge is 0.193 e. The first-order chi connectivity index (χ1) is 14.2. The molecule has 1 aliphatic heterocycles. The molecule has 1 aromatic heterocycles. The minimum Gasteiger partial charge on any atom is -0.492 e. The van der Waals surface area contributed by atoms with E-state index in [1.807, 2.05) is 43.6 Å². The molecular formula is C22H32IN5O2. The molecule has 1 atom stereocenters. The van der Waals surface area contributed by atoms with Gasteiger partial charge < -0.3 is 24.6 Å². The Balaban J connectivity index is 0.00000320. The van der Waals surface area contributed by atoms with Crippen molar-refractivity contribution >= 4 is 35.8 Å². The molecule has 0 saturated carbocycles. The molecule has 7 nitrogen and oxygen atoms in total. The van der Waals surface area contributed by atoms with Crippen molar-refractivity contribution in [2.45, 2.75) is 19.6 Å². The van der Waals surface area contributed by atoms with Crippen LogP contribution < -0.4 is 15.0 Å². The number of guanidine groups is 1. The van der Waals surface area contributed by atoms with Gasteiger partial charge in [-0.05, 0) is 30.7 Å². The predicted molar refractivity (Wildman–Crippen MR) is 132 cm³/mol. The van der Waals surface area contributed by atoms with Crippen LogP contribution in [0.4, 0.5) is 5.82 Å². The Labute approximate surface area is 196 Å². The van der Waals surface area contributed by atoms with Crippen LogP contribution in [0, 0.1) is 0 Å². The van der Waals surface area contributed by atoms with Gasteiger partial charge in [0, 0.05) is 39.9 Å². The summed E-state index contributed by atoms with van der Waals surface area (Å²) in [5.41, 5.74) is 1.12. The number of likely N-dealkylation sites (N-methyl/N-ethyl adjacent to an activating group) is 1. The van der Waals surface area contributed by atoms with Crippen molar-refractivity contribution < 1.29 is 9.47 Å². The highest BCUT2D eigenvalue weighted by molar-refractivity contribution is 14.0. The predicted octanol–water partition coefficient (Wildman–Crippen LogP) is 3.01. The second-order valence-electron chi connectivity index (χ2n) is 7.14. The van der Waals surface area contributed by atoms with Crippen LogP contribution in [0.3, 0.4) is 0 Å². The Morgan fingerprint density at radius 2 is 2.10 bits per heavy atom. The maximum absolute atomic E-state index is 5.76. The fraction of sp³-hybridized carbons (Fsp3) is 0.455. The summed E-state index contributed by atoms with van der Waals surface area (Å²) in [6.45, 7) is 6.62. The summed E-state index contributed by atoms with van der Waals surface area (Å²) in [6, 6.07) is 14.0. The van der Waals surface area contributed by atoms with Gasteiger partial charge in [0.15, 0.2) is 5.96 Å². The number of halogens is 1.